The Bertz CT molecular complexity index is 1130. The highest BCUT2D eigenvalue weighted by molar-refractivity contribution is 6.05. The lowest BCUT2D eigenvalue weighted by atomic mass is 10.2. The summed E-state index contributed by atoms with van der Waals surface area (Å²) in [6.07, 6.45) is 0. The first-order valence-electron chi connectivity index (χ1n) is 8.68. The van der Waals surface area contributed by atoms with E-state index in [1.165, 1.54) is 0 Å². The molecule has 28 heavy (non-hydrogen) atoms. The zero-order valence-corrected chi connectivity index (χ0v) is 15.1. The third-order valence-electron chi connectivity index (χ3n) is 4.11. The van der Waals surface area contributed by atoms with Crippen molar-refractivity contribution < 1.29 is 13.9 Å². The molecule has 0 saturated heterocycles. The highest BCUT2D eigenvalue weighted by atomic mass is 16.5. The Morgan fingerprint density at radius 1 is 0.893 bits per heavy atom. The molecule has 4 aromatic rings. The van der Waals surface area contributed by atoms with Gasteiger partial charge in [-0.05, 0) is 48.5 Å². The second-order valence-corrected chi connectivity index (χ2v) is 6.03. The Balaban J connectivity index is 1.47. The monoisotopic (exact) mass is 371 g/mol. The van der Waals surface area contributed by atoms with Crippen molar-refractivity contribution in [3.63, 3.8) is 0 Å². The summed E-state index contributed by atoms with van der Waals surface area (Å²) in [6.45, 7) is 0. The first kappa shape index (κ1) is 17.5. The SMILES string of the molecule is COc1cccc2cc(C(=O)Nc3ccc(N=Nc4ccccc4)cc3)oc12. The van der Waals surface area contributed by atoms with Gasteiger partial charge < -0.3 is 14.5 Å². The average Bonchev–Trinajstić information content (AvgIpc) is 3.19. The van der Waals surface area contributed by atoms with Gasteiger partial charge in [-0.1, -0.05) is 30.3 Å². The Morgan fingerprint density at radius 2 is 1.61 bits per heavy atom. The van der Waals surface area contributed by atoms with E-state index in [2.05, 4.69) is 15.5 Å². The summed E-state index contributed by atoms with van der Waals surface area (Å²) in [6, 6.07) is 23.8. The van der Waals surface area contributed by atoms with Crippen molar-refractivity contribution in [2.75, 3.05) is 12.4 Å². The zero-order valence-electron chi connectivity index (χ0n) is 15.1. The molecule has 6 heteroatoms. The molecule has 0 bridgehead atoms. The second-order valence-electron chi connectivity index (χ2n) is 6.03. The third kappa shape index (κ3) is 3.76. The molecule has 0 aliphatic carbocycles. The van der Waals surface area contributed by atoms with E-state index in [0.717, 1.165) is 11.1 Å². The van der Waals surface area contributed by atoms with Crippen molar-refractivity contribution in [1.82, 2.24) is 0 Å². The molecule has 1 heterocycles. The maximum atomic E-state index is 12.5. The van der Waals surface area contributed by atoms with Crippen LogP contribution in [0.3, 0.4) is 0 Å². The largest absolute Gasteiger partial charge is 0.493 e. The highest BCUT2D eigenvalue weighted by Crippen LogP contribution is 2.29. The van der Waals surface area contributed by atoms with Crippen molar-refractivity contribution >= 4 is 33.9 Å². The van der Waals surface area contributed by atoms with Gasteiger partial charge in [0.2, 0.25) is 0 Å². The number of carbonyl (C=O) groups excluding carboxylic acids is 1. The Morgan fingerprint density at radius 3 is 2.32 bits per heavy atom. The van der Waals surface area contributed by atoms with Crippen LogP contribution in [-0.4, -0.2) is 13.0 Å². The molecule has 0 spiro atoms. The van der Waals surface area contributed by atoms with Gasteiger partial charge in [-0.3, -0.25) is 4.79 Å². The molecule has 0 radical (unpaired) electrons. The van der Waals surface area contributed by atoms with Crippen LogP contribution in [0.1, 0.15) is 10.6 Å². The Kier molecular flexibility index (Phi) is 4.84. The number of nitrogens with one attached hydrogen (secondary N) is 1. The number of furan rings is 1. The van der Waals surface area contributed by atoms with Crippen LogP contribution in [-0.2, 0) is 0 Å². The summed E-state index contributed by atoms with van der Waals surface area (Å²) < 4.78 is 10.9. The zero-order chi connectivity index (χ0) is 19.3. The lowest BCUT2D eigenvalue weighted by Crippen LogP contribution is -2.10. The molecule has 3 aromatic carbocycles. The Labute approximate surface area is 161 Å². The lowest BCUT2D eigenvalue weighted by molar-refractivity contribution is 0.0998. The van der Waals surface area contributed by atoms with Crippen molar-refractivity contribution in [1.29, 1.82) is 0 Å². The number of ether oxygens (including phenoxy) is 1. The molecule has 1 aromatic heterocycles. The molecule has 4 rings (SSSR count). The van der Waals surface area contributed by atoms with E-state index in [1.54, 1.807) is 43.5 Å². The summed E-state index contributed by atoms with van der Waals surface area (Å²) in [5, 5.41) is 12.0. The quantitative estimate of drug-likeness (QED) is 0.430. The predicted octanol–water partition coefficient (Wildman–Crippen LogP) is 6.11. The number of amides is 1. The molecule has 6 nitrogen and oxygen atoms in total. The van der Waals surface area contributed by atoms with E-state index >= 15 is 0 Å². The van der Waals surface area contributed by atoms with Gasteiger partial charge in [-0.15, -0.1) is 0 Å². The number of methoxy groups -OCH3 is 1. The minimum Gasteiger partial charge on any atom is -0.493 e. The number of hydrogen-bond donors (Lipinski definition) is 1. The fraction of sp³-hybridized carbons (Fsp3) is 0.0455. The lowest BCUT2D eigenvalue weighted by Gasteiger charge is -2.03. The van der Waals surface area contributed by atoms with E-state index in [4.69, 9.17) is 9.15 Å². The Hall–Kier alpha value is -3.93. The molecule has 0 aliphatic rings. The van der Waals surface area contributed by atoms with Crippen LogP contribution < -0.4 is 10.1 Å². The van der Waals surface area contributed by atoms with Crippen LogP contribution in [0.5, 0.6) is 5.75 Å². The molecule has 1 amide bonds. The fourth-order valence-electron chi connectivity index (χ4n) is 2.72. The van der Waals surface area contributed by atoms with Gasteiger partial charge in [0.25, 0.3) is 5.91 Å². The second kappa shape index (κ2) is 7.75. The van der Waals surface area contributed by atoms with Gasteiger partial charge in [-0.25, -0.2) is 0 Å². The number of anilines is 1. The number of azo groups is 1. The minimum absolute atomic E-state index is 0.215. The number of nitrogens with zero attached hydrogens (tertiary/aromatic N) is 2. The van der Waals surface area contributed by atoms with Crippen LogP contribution in [0.2, 0.25) is 0 Å². The predicted molar refractivity (Wildman–Crippen MR) is 108 cm³/mol. The molecule has 0 saturated carbocycles. The number of rotatable bonds is 5. The van der Waals surface area contributed by atoms with E-state index in [9.17, 15) is 4.79 Å². The standard InChI is InChI=1S/C22H17N3O3/c1-27-19-9-5-6-15-14-20(28-21(15)19)22(26)23-16-10-12-18(13-11-16)25-24-17-7-3-2-4-8-17/h2-14H,1H3,(H,23,26). The average molecular weight is 371 g/mol. The number of para-hydroxylation sites is 1. The topological polar surface area (TPSA) is 76.2 Å². The molecule has 0 aliphatic heterocycles. The maximum Gasteiger partial charge on any atom is 0.291 e. The van der Waals surface area contributed by atoms with Crippen molar-refractivity contribution in [2.24, 2.45) is 10.2 Å². The van der Waals surface area contributed by atoms with Gasteiger partial charge in [0.1, 0.15) is 0 Å². The van der Waals surface area contributed by atoms with Crippen molar-refractivity contribution in [3.8, 4) is 5.75 Å². The first-order chi connectivity index (χ1) is 13.7. The van der Waals surface area contributed by atoms with E-state index in [-0.39, 0.29) is 11.7 Å². The third-order valence-corrected chi connectivity index (χ3v) is 4.11. The summed E-state index contributed by atoms with van der Waals surface area (Å²) in [5.41, 5.74) is 2.65. The number of fused-ring (bicyclic) bond motifs is 1. The molecule has 138 valence electrons. The van der Waals surface area contributed by atoms with E-state index in [1.807, 2.05) is 42.5 Å². The van der Waals surface area contributed by atoms with E-state index in [0.29, 0.717) is 22.7 Å². The number of benzene rings is 3. The summed E-state index contributed by atoms with van der Waals surface area (Å²) in [5.74, 6) is 0.467. The maximum absolute atomic E-state index is 12.5. The van der Waals surface area contributed by atoms with Crippen LogP contribution >= 0.6 is 0 Å². The van der Waals surface area contributed by atoms with Gasteiger partial charge in [0.15, 0.2) is 17.1 Å². The van der Waals surface area contributed by atoms with Crippen molar-refractivity contribution in [3.05, 3.63) is 84.6 Å². The summed E-state index contributed by atoms with van der Waals surface area (Å²) in [7, 11) is 1.56. The summed E-state index contributed by atoms with van der Waals surface area (Å²) in [4.78, 5) is 12.5. The van der Waals surface area contributed by atoms with Crippen LogP contribution in [0, 0.1) is 0 Å². The smallest absolute Gasteiger partial charge is 0.291 e. The highest BCUT2D eigenvalue weighted by Gasteiger charge is 2.15. The fourth-order valence-corrected chi connectivity index (χ4v) is 2.72. The van der Waals surface area contributed by atoms with E-state index < -0.39 is 0 Å². The van der Waals surface area contributed by atoms with Gasteiger partial charge in [0, 0.05) is 11.1 Å². The minimum atomic E-state index is -0.336. The van der Waals surface area contributed by atoms with Gasteiger partial charge >= 0.3 is 0 Å². The molecular weight excluding hydrogens is 354 g/mol. The van der Waals surface area contributed by atoms with Gasteiger partial charge in [0.05, 0.1) is 18.5 Å². The molecule has 0 fully saturated rings. The molecular formula is C22H17N3O3. The summed E-state index contributed by atoms with van der Waals surface area (Å²) >= 11 is 0. The van der Waals surface area contributed by atoms with Crippen molar-refractivity contribution in [2.45, 2.75) is 0 Å². The normalized spacial score (nSPS) is 11.0. The molecule has 1 N–H and O–H groups in total. The molecule has 0 unspecified atom stereocenters. The number of hydrogen-bond acceptors (Lipinski definition) is 5. The van der Waals surface area contributed by atoms with Crippen LogP contribution in [0.25, 0.3) is 11.0 Å². The van der Waals surface area contributed by atoms with Gasteiger partial charge in [-0.2, -0.15) is 10.2 Å². The van der Waals surface area contributed by atoms with Crippen LogP contribution in [0.15, 0.2) is 93.5 Å². The molecule has 0 atom stereocenters. The van der Waals surface area contributed by atoms with Crippen LogP contribution in [0.4, 0.5) is 17.1 Å². The number of carbonyl (C=O) groups is 1. The first-order valence-corrected chi connectivity index (χ1v) is 8.68.